The number of hydrogen-bond acceptors (Lipinski definition) is 4. The van der Waals surface area contributed by atoms with Crippen molar-refractivity contribution in [3.05, 3.63) is 77.2 Å². The number of nitrogens with zero attached hydrogens (tertiary/aromatic N) is 2. The van der Waals surface area contributed by atoms with Crippen molar-refractivity contribution in [2.45, 2.75) is 19.3 Å². The molecule has 0 aliphatic carbocycles. The van der Waals surface area contributed by atoms with Crippen LogP contribution in [0, 0.1) is 11.7 Å². The molecular weight excluding hydrogens is 383 g/mol. The van der Waals surface area contributed by atoms with Gasteiger partial charge in [0.15, 0.2) is 0 Å². The van der Waals surface area contributed by atoms with Gasteiger partial charge in [-0.25, -0.2) is 4.39 Å². The molecule has 1 unspecified atom stereocenters. The number of benzene rings is 2. The third-order valence-electron chi connectivity index (χ3n) is 5.84. The third kappa shape index (κ3) is 4.00. The second-order valence-corrected chi connectivity index (χ2v) is 7.86. The normalized spacial score (nSPS) is 19.7. The molecule has 1 saturated heterocycles. The molecule has 0 aromatic heterocycles. The van der Waals surface area contributed by atoms with Crippen molar-refractivity contribution in [1.29, 1.82) is 0 Å². The molecule has 1 fully saturated rings. The molecule has 2 aliphatic heterocycles. The standard InChI is InChI=1S/C24H25FN2O3/c25-20-10-8-17(9-11-20)12-14-27-23(29)21(19-6-2-1-3-7-19)22(24(27)30)26-13-4-5-18(15-26)16-28/h1-3,6-11,18,28H,4-5,12-16H2. The summed E-state index contributed by atoms with van der Waals surface area (Å²) in [6.45, 7) is 1.56. The van der Waals surface area contributed by atoms with Crippen LogP contribution in [-0.4, -0.2) is 53.0 Å². The third-order valence-corrected chi connectivity index (χ3v) is 5.84. The van der Waals surface area contributed by atoms with E-state index in [9.17, 15) is 19.1 Å². The topological polar surface area (TPSA) is 60.9 Å². The highest BCUT2D eigenvalue weighted by molar-refractivity contribution is 6.35. The SMILES string of the molecule is O=C1C(c2ccccc2)=C(N2CCCC(CO)C2)C(=O)N1CCc1ccc(F)cc1. The van der Waals surface area contributed by atoms with Crippen LogP contribution >= 0.6 is 0 Å². The Kier molecular flexibility index (Phi) is 5.95. The number of carbonyl (C=O) groups excluding carboxylic acids is 2. The molecule has 2 heterocycles. The minimum Gasteiger partial charge on any atom is -0.396 e. The van der Waals surface area contributed by atoms with E-state index in [1.165, 1.54) is 17.0 Å². The summed E-state index contributed by atoms with van der Waals surface area (Å²) in [5.74, 6) is -0.806. The second-order valence-electron chi connectivity index (χ2n) is 7.86. The number of carbonyl (C=O) groups is 2. The molecule has 2 amide bonds. The van der Waals surface area contributed by atoms with Gasteiger partial charge in [0.1, 0.15) is 11.5 Å². The van der Waals surface area contributed by atoms with Crippen LogP contribution in [-0.2, 0) is 16.0 Å². The molecule has 30 heavy (non-hydrogen) atoms. The Bertz CT molecular complexity index is 956. The second kappa shape index (κ2) is 8.79. The van der Waals surface area contributed by atoms with Gasteiger partial charge in [-0.05, 0) is 48.4 Å². The van der Waals surface area contributed by atoms with Gasteiger partial charge in [-0.3, -0.25) is 14.5 Å². The van der Waals surface area contributed by atoms with E-state index in [0.717, 1.165) is 24.0 Å². The smallest absolute Gasteiger partial charge is 0.277 e. The zero-order chi connectivity index (χ0) is 21.1. The maximum absolute atomic E-state index is 13.4. The number of likely N-dealkylation sites (tertiary alicyclic amines) is 1. The van der Waals surface area contributed by atoms with Crippen molar-refractivity contribution in [2.24, 2.45) is 5.92 Å². The zero-order valence-corrected chi connectivity index (χ0v) is 16.8. The van der Waals surface area contributed by atoms with Crippen molar-refractivity contribution < 1.29 is 19.1 Å². The highest BCUT2D eigenvalue weighted by atomic mass is 19.1. The van der Waals surface area contributed by atoms with Crippen LogP contribution in [0.1, 0.15) is 24.0 Å². The Hall–Kier alpha value is -2.99. The Balaban J connectivity index is 1.63. The van der Waals surface area contributed by atoms with Gasteiger partial charge in [0.2, 0.25) is 0 Å². The Morgan fingerprint density at radius 2 is 1.73 bits per heavy atom. The zero-order valence-electron chi connectivity index (χ0n) is 16.8. The van der Waals surface area contributed by atoms with Crippen molar-refractivity contribution in [3.63, 3.8) is 0 Å². The number of piperidine rings is 1. The lowest BCUT2D eigenvalue weighted by molar-refractivity contribution is -0.137. The fourth-order valence-corrected chi connectivity index (χ4v) is 4.23. The highest BCUT2D eigenvalue weighted by Gasteiger charge is 2.42. The first kappa shape index (κ1) is 20.3. The summed E-state index contributed by atoms with van der Waals surface area (Å²) in [7, 11) is 0. The molecule has 2 aliphatic rings. The van der Waals surface area contributed by atoms with E-state index in [1.807, 2.05) is 35.2 Å². The minimum atomic E-state index is -0.314. The first-order valence-corrected chi connectivity index (χ1v) is 10.3. The van der Waals surface area contributed by atoms with E-state index in [4.69, 9.17) is 0 Å². The van der Waals surface area contributed by atoms with Crippen LogP contribution in [0.4, 0.5) is 4.39 Å². The molecule has 1 atom stereocenters. The maximum atomic E-state index is 13.4. The van der Waals surface area contributed by atoms with Gasteiger partial charge in [0.05, 0.1) is 5.57 Å². The van der Waals surface area contributed by atoms with Gasteiger partial charge >= 0.3 is 0 Å². The average molecular weight is 408 g/mol. The molecule has 0 spiro atoms. The van der Waals surface area contributed by atoms with Crippen LogP contribution < -0.4 is 0 Å². The fourth-order valence-electron chi connectivity index (χ4n) is 4.23. The Morgan fingerprint density at radius 3 is 2.43 bits per heavy atom. The lowest BCUT2D eigenvalue weighted by Gasteiger charge is -2.34. The summed E-state index contributed by atoms with van der Waals surface area (Å²) in [6.07, 6.45) is 2.25. The van der Waals surface area contributed by atoms with E-state index in [-0.39, 0.29) is 36.7 Å². The summed E-state index contributed by atoms with van der Waals surface area (Å²) >= 11 is 0. The van der Waals surface area contributed by atoms with Gasteiger partial charge in [0, 0.05) is 26.2 Å². The van der Waals surface area contributed by atoms with Gasteiger partial charge in [0.25, 0.3) is 11.8 Å². The van der Waals surface area contributed by atoms with Crippen LogP contribution in [0.5, 0.6) is 0 Å². The predicted octanol–water partition coefficient (Wildman–Crippen LogP) is 2.85. The maximum Gasteiger partial charge on any atom is 0.277 e. The van der Waals surface area contributed by atoms with Crippen LogP contribution in [0.3, 0.4) is 0 Å². The molecular formula is C24H25FN2O3. The van der Waals surface area contributed by atoms with Crippen LogP contribution in [0.25, 0.3) is 5.57 Å². The Morgan fingerprint density at radius 1 is 1.00 bits per heavy atom. The summed E-state index contributed by atoms with van der Waals surface area (Å²) in [6, 6.07) is 15.4. The number of imide groups is 1. The lowest BCUT2D eigenvalue weighted by Crippen LogP contribution is -2.41. The molecule has 2 aromatic rings. The number of rotatable bonds is 6. The first-order valence-electron chi connectivity index (χ1n) is 10.3. The molecule has 6 heteroatoms. The van der Waals surface area contributed by atoms with E-state index in [1.54, 1.807) is 12.1 Å². The van der Waals surface area contributed by atoms with Gasteiger partial charge in [-0.15, -0.1) is 0 Å². The van der Waals surface area contributed by atoms with E-state index >= 15 is 0 Å². The summed E-state index contributed by atoms with van der Waals surface area (Å²) in [4.78, 5) is 29.9. The predicted molar refractivity (Wildman–Crippen MR) is 112 cm³/mol. The molecule has 0 radical (unpaired) electrons. The number of halogens is 1. The summed E-state index contributed by atoms with van der Waals surface area (Å²) in [5, 5.41) is 9.60. The molecule has 1 N–H and O–H groups in total. The molecule has 0 bridgehead atoms. The number of hydrogen-bond donors (Lipinski definition) is 1. The van der Waals surface area contributed by atoms with E-state index in [0.29, 0.717) is 30.8 Å². The minimum absolute atomic E-state index is 0.0703. The van der Waals surface area contributed by atoms with Crippen molar-refractivity contribution in [3.8, 4) is 0 Å². The van der Waals surface area contributed by atoms with Crippen molar-refractivity contribution in [2.75, 3.05) is 26.2 Å². The first-order chi connectivity index (χ1) is 14.6. The van der Waals surface area contributed by atoms with Crippen molar-refractivity contribution in [1.82, 2.24) is 9.80 Å². The summed E-state index contributed by atoms with van der Waals surface area (Å²) < 4.78 is 13.2. The molecule has 5 nitrogen and oxygen atoms in total. The van der Waals surface area contributed by atoms with Gasteiger partial charge in [-0.2, -0.15) is 0 Å². The van der Waals surface area contributed by atoms with Crippen molar-refractivity contribution >= 4 is 17.4 Å². The average Bonchev–Trinajstić information content (AvgIpc) is 3.03. The largest absolute Gasteiger partial charge is 0.396 e. The van der Waals surface area contributed by atoms with Crippen LogP contribution in [0.15, 0.2) is 60.3 Å². The van der Waals surface area contributed by atoms with E-state index in [2.05, 4.69) is 0 Å². The molecule has 0 saturated carbocycles. The van der Waals surface area contributed by atoms with E-state index < -0.39 is 0 Å². The lowest BCUT2D eigenvalue weighted by atomic mass is 9.97. The molecule has 4 rings (SSSR count). The number of aliphatic hydroxyl groups is 1. The van der Waals surface area contributed by atoms with Crippen LogP contribution in [0.2, 0.25) is 0 Å². The summed E-state index contributed by atoms with van der Waals surface area (Å²) in [5.41, 5.74) is 2.45. The fraction of sp³-hybridized carbons (Fsp3) is 0.333. The Labute approximate surface area is 175 Å². The quantitative estimate of drug-likeness (QED) is 0.747. The van der Waals surface area contributed by atoms with Gasteiger partial charge < -0.3 is 10.0 Å². The monoisotopic (exact) mass is 408 g/mol. The number of amides is 2. The molecule has 2 aromatic carbocycles. The number of aliphatic hydroxyl groups excluding tert-OH is 1. The highest BCUT2D eigenvalue weighted by Crippen LogP contribution is 2.34. The molecule has 156 valence electrons. The van der Waals surface area contributed by atoms with Gasteiger partial charge in [-0.1, -0.05) is 42.5 Å².